The Morgan fingerprint density at radius 2 is 1.89 bits per heavy atom. The molecule has 0 bridgehead atoms. The minimum atomic E-state index is 0.100. The fourth-order valence-electron chi connectivity index (χ4n) is 3.52. The topological polar surface area (TPSA) is 36.4 Å². The summed E-state index contributed by atoms with van der Waals surface area (Å²) < 4.78 is 0. The average Bonchev–Trinajstić information content (AvgIpc) is 3.41. The number of carbonyl (C=O) groups is 1. The molecule has 28 heavy (non-hydrogen) atoms. The minimum Gasteiger partial charge on any atom is -0.372 e. The van der Waals surface area contributed by atoms with Crippen LogP contribution in [0.3, 0.4) is 0 Å². The Hall–Kier alpha value is -2.18. The van der Waals surface area contributed by atoms with Crippen LogP contribution in [0.2, 0.25) is 0 Å². The predicted octanol–water partition coefficient (Wildman–Crippen LogP) is 5.06. The van der Waals surface area contributed by atoms with Gasteiger partial charge in [0.15, 0.2) is 0 Å². The SMILES string of the molecule is CN(Cc1ccc(N2CCCCC2)cc1)C(=O)Cc1csc(-c2cccs2)n1. The van der Waals surface area contributed by atoms with Gasteiger partial charge in [0.05, 0.1) is 17.0 Å². The van der Waals surface area contributed by atoms with Gasteiger partial charge in [0.1, 0.15) is 5.01 Å². The number of carbonyl (C=O) groups excluding carboxylic acids is 1. The first-order valence-corrected chi connectivity index (χ1v) is 11.5. The molecule has 3 heterocycles. The van der Waals surface area contributed by atoms with Gasteiger partial charge in [0.25, 0.3) is 0 Å². The number of amides is 1. The summed E-state index contributed by atoms with van der Waals surface area (Å²) in [5.41, 5.74) is 3.31. The summed E-state index contributed by atoms with van der Waals surface area (Å²) in [4.78, 5) is 22.6. The average molecular weight is 412 g/mol. The molecule has 1 saturated heterocycles. The Morgan fingerprint density at radius 1 is 1.11 bits per heavy atom. The second kappa shape index (κ2) is 8.88. The van der Waals surface area contributed by atoms with E-state index in [-0.39, 0.29) is 5.91 Å². The maximum absolute atomic E-state index is 12.6. The van der Waals surface area contributed by atoms with Gasteiger partial charge >= 0.3 is 0 Å². The number of piperidine rings is 1. The molecule has 1 fully saturated rings. The third kappa shape index (κ3) is 4.62. The fraction of sp³-hybridized carbons (Fsp3) is 0.364. The lowest BCUT2D eigenvalue weighted by molar-refractivity contribution is -0.129. The Bertz CT molecular complexity index is 896. The largest absolute Gasteiger partial charge is 0.372 e. The van der Waals surface area contributed by atoms with E-state index in [1.807, 2.05) is 23.9 Å². The van der Waals surface area contributed by atoms with Crippen molar-refractivity contribution in [2.45, 2.75) is 32.2 Å². The van der Waals surface area contributed by atoms with Gasteiger partial charge in [-0.2, -0.15) is 0 Å². The van der Waals surface area contributed by atoms with E-state index < -0.39 is 0 Å². The van der Waals surface area contributed by atoms with E-state index in [1.54, 1.807) is 27.6 Å². The van der Waals surface area contributed by atoms with Gasteiger partial charge in [-0.1, -0.05) is 18.2 Å². The Labute approximate surface area is 174 Å². The normalized spacial score (nSPS) is 14.2. The van der Waals surface area contributed by atoms with Crippen LogP contribution in [-0.2, 0) is 17.8 Å². The third-order valence-electron chi connectivity index (χ3n) is 5.12. The second-order valence-corrected chi connectivity index (χ2v) is 9.07. The quantitative estimate of drug-likeness (QED) is 0.569. The summed E-state index contributed by atoms with van der Waals surface area (Å²) in [5.74, 6) is 0.100. The Morgan fingerprint density at radius 3 is 2.61 bits per heavy atom. The molecule has 1 aliphatic rings. The highest BCUT2D eigenvalue weighted by Crippen LogP contribution is 2.28. The van der Waals surface area contributed by atoms with Crippen molar-refractivity contribution in [3.8, 4) is 9.88 Å². The third-order valence-corrected chi connectivity index (χ3v) is 7.05. The van der Waals surface area contributed by atoms with E-state index in [4.69, 9.17) is 0 Å². The molecule has 4 nitrogen and oxygen atoms in total. The first-order valence-electron chi connectivity index (χ1n) is 9.75. The molecule has 3 aromatic rings. The highest BCUT2D eigenvalue weighted by molar-refractivity contribution is 7.20. The van der Waals surface area contributed by atoms with Crippen molar-refractivity contribution in [3.63, 3.8) is 0 Å². The van der Waals surface area contributed by atoms with Gasteiger partial charge < -0.3 is 9.80 Å². The zero-order valence-corrected chi connectivity index (χ0v) is 17.8. The monoisotopic (exact) mass is 411 g/mol. The van der Waals surface area contributed by atoms with Crippen LogP contribution in [0, 0.1) is 0 Å². The van der Waals surface area contributed by atoms with Crippen LogP contribution < -0.4 is 4.90 Å². The number of aromatic nitrogens is 1. The number of nitrogens with zero attached hydrogens (tertiary/aromatic N) is 3. The van der Waals surface area contributed by atoms with Crippen molar-refractivity contribution >= 4 is 34.3 Å². The molecule has 0 aliphatic carbocycles. The van der Waals surface area contributed by atoms with Crippen molar-refractivity contribution in [2.24, 2.45) is 0 Å². The maximum atomic E-state index is 12.6. The van der Waals surface area contributed by atoms with Crippen LogP contribution in [0.4, 0.5) is 5.69 Å². The summed E-state index contributed by atoms with van der Waals surface area (Å²) in [6, 6.07) is 12.8. The van der Waals surface area contributed by atoms with Crippen LogP contribution >= 0.6 is 22.7 Å². The van der Waals surface area contributed by atoms with E-state index >= 15 is 0 Å². The Kier molecular flexibility index (Phi) is 6.07. The van der Waals surface area contributed by atoms with Crippen molar-refractivity contribution in [1.82, 2.24) is 9.88 Å². The molecule has 4 rings (SSSR count). The Balaban J connectivity index is 1.33. The molecule has 0 unspecified atom stereocenters. The number of rotatable bonds is 6. The molecule has 2 aromatic heterocycles. The van der Waals surface area contributed by atoms with Crippen molar-refractivity contribution in [2.75, 3.05) is 25.0 Å². The zero-order valence-electron chi connectivity index (χ0n) is 16.1. The summed E-state index contributed by atoms with van der Waals surface area (Å²) in [7, 11) is 1.87. The summed E-state index contributed by atoms with van der Waals surface area (Å²) in [6.07, 6.45) is 4.26. The molecule has 1 aliphatic heterocycles. The van der Waals surface area contributed by atoms with Crippen molar-refractivity contribution in [3.05, 3.63) is 58.4 Å². The van der Waals surface area contributed by atoms with Crippen LogP contribution in [0.15, 0.2) is 47.2 Å². The molecule has 146 valence electrons. The van der Waals surface area contributed by atoms with E-state index in [9.17, 15) is 4.79 Å². The number of hydrogen-bond acceptors (Lipinski definition) is 5. The molecule has 0 saturated carbocycles. The molecule has 0 atom stereocenters. The minimum absolute atomic E-state index is 0.100. The number of benzene rings is 1. The standard InChI is InChI=1S/C22H25N3OS2/c1-24(15-17-7-9-19(10-8-17)25-11-3-2-4-12-25)21(26)14-18-16-28-22(23-18)20-6-5-13-27-20/h5-10,13,16H,2-4,11-12,14-15H2,1H3. The van der Waals surface area contributed by atoms with Crippen LogP contribution in [0.25, 0.3) is 9.88 Å². The van der Waals surface area contributed by atoms with Crippen molar-refractivity contribution < 1.29 is 4.79 Å². The van der Waals surface area contributed by atoms with Crippen LogP contribution in [0.1, 0.15) is 30.5 Å². The van der Waals surface area contributed by atoms with Gasteiger partial charge in [-0.15, -0.1) is 22.7 Å². The van der Waals surface area contributed by atoms with Gasteiger partial charge in [-0.25, -0.2) is 4.98 Å². The molecular weight excluding hydrogens is 386 g/mol. The van der Waals surface area contributed by atoms with Gasteiger partial charge in [-0.05, 0) is 48.4 Å². The summed E-state index contributed by atoms with van der Waals surface area (Å²) in [5, 5.41) is 5.04. The van der Waals surface area contributed by atoms with Gasteiger partial charge in [0.2, 0.25) is 5.91 Å². The molecule has 1 amide bonds. The predicted molar refractivity (Wildman–Crippen MR) is 118 cm³/mol. The van der Waals surface area contributed by atoms with Crippen LogP contribution in [-0.4, -0.2) is 35.9 Å². The van der Waals surface area contributed by atoms with E-state index in [2.05, 4.69) is 40.2 Å². The first-order chi connectivity index (χ1) is 13.7. The number of hydrogen-bond donors (Lipinski definition) is 0. The fourth-order valence-corrected chi connectivity index (χ4v) is 5.15. The lowest BCUT2D eigenvalue weighted by Crippen LogP contribution is -2.29. The smallest absolute Gasteiger partial charge is 0.228 e. The second-order valence-electron chi connectivity index (χ2n) is 7.26. The number of likely N-dealkylation sites (N-methyl/N-ethyl adjacent to an activating group) is 1. The molecule has 0 radical (unpaired) electrons. The zero-order chi connectivity index (χ0) is 19.3. The molecule has 6 heteroatoms. The number of thiophene rings is 1. The number of thiazole rings is 1. The van der Waals surface area contributed by atoms with Gasteiger partial charge in [-0.3, -0.25) is 4.79 Å². The van der Waals surface area contributed by atoms with Crippen molar-refractivity contribution in [1.29, 1.82) is 0 Å². The lowest BCUT2D eigenvalue weighted by atomic mass is 10.1. The van der Waals surface area contributed by atoms with E-state index in [1.165, 1.54) is 24.9 Å². The summed E-state index contributed by atoms with van der Waals surface area (Å²) >= 11 is 3.28. The summed E-state index contributed by atoms with van der Waals surface area (Å²) in [6.45, 7) is 2.93. The number of anilines is 1. The molecular formula is C22H25N3OS2. The van der Waals surface area contributed by atoms with E-state index in [0.717, 1.165) is 34.2 Å². The highest BCUT2D eigenvalue weighted by atomic mass is 32.1. The maximum Gasteiger partial charge on any atom is 0.228 e. The van der Waals surface area contributed by atoms with E-state index in [0.29, 0.717) is 13.0 Å². The molecule has 0 spiro atoms. The highest BCUT2D eigenvalue weighted by Gasteiger charge is 2.15. The molecule has 0 N–H and O–H groups in total. The molecule has 1 aromatic carbocycles. The van der Waals surface area contributed by atoms with Crippen LogP contribution in [0.5, 0.6) is 0 Å². The lowest BCUT2D eigenvalue weighted by Gasteiger charge is -2.29. The first kappa shape index (κ1) is 19.2. The van der Waals surface area contributed by atoms with Gasteiger partial charge in [0, 0.05) is 37.7 Å².